The summed E-state index contributed by atoms with van der Waals surface area (Å²) in [6.07, 6.45) is 4.53. The van der Waals surface area contributed by atoms with Gasteiger partial charge in [0.25, 0.3) is 5.91 Å². The number of benzene rings is 1. The van der Waals surface area contributed by atoms with Gasteiger partial charge in [0.2, 0.25) is 0 Å². The number of nitrogens with one attached hydrogen (secondary N) is 1. The number of aromatic nitrogens is 1. The number of hydrogen-bond acceptors (Lipinski definition) is 4. The van der Waals surface area contributed by atoms with Crippen molar-refractivity contribution >= 4 is 23.4 Å². The van der Waals surface area contributed by atoms with Crippen molar-refractivity contribution in [1.82, 2.24) is 10.3 Å². The van der Waals surface area contributed by atoms with Gasteiger partial charge in [-0.15, -0.1) is 0 Å². The van der Waals surface area contributed by atoms with Crippen molar-refractivity contribution in [3.05, 3.63) is 59.7 Å². The minimum Gasteiger partial charge on any atom is -0.369 e. The maximum Gasteiger partial charge on any atom is 0.270 e. The van der Waals surface area contributed by atoms with Crippen molar-refractivity contribution in [2.24, 2.45) is 0 Å². The fourth-order valence-corrected chi connectivity index (χ4v) is 3.48. The van der Waals surface area contributed by atoms with Crippen LogP contribution in [0.4, 0.5) is 10.1 Å². The van der Waals surface area contributed by atoms with E-state index in [1.807, 2.05) is 18.4 Å². The number of hydrogen-bond donors (Lipinski definition) is 1. The highest BCUT2D eigenvalue weighted by atomic mass is 32.2. The summed E-state index contributed by atoms with van der Waals surface area (Å²) in [6, 6.07) is 10.3. The van der Waals surface area contributed by atoms with Crippen LogP contribution >= 0.6 is 11.8 Å². The largest absolute Gasteiger partial charge is 0.369 e. The molecule has 126 valence electrons. The van der Waals surface area contributed by atoms with Crippen LogP contribution in [0.5, 0.6) is 0 Å². The van der Waals surface area contributed by atoms with Crippen LogP contribution in [-0.2, 0) is 5.75 Å². The molecule has 1 saturated heterocycles. The van der Waals surface area contributed by atoms with Gasteiger partial charge < -0.3 is 10.2 Å². The lowest BCUT2D eigenvalue weighted by Crippen LogP contribution is -2.37. The molecule has 24 heavy (non-hydrogen) atoms. The number of anilines is 1. The molecule has 2 heterocycles. The molecule has 1 aromatic carbocycles. The first-order valence-electron chi connectivity index (χ1n) is 7.91. The SMILES string of the molecule is CSCc1cccnc1C(=O)NC1CCN(c2ccc(F)cc2)C1. The van der Waals surface area contributed by atoms with Crippen molar-refractivity contribution in [3.8, 4) is 0 Å². The standard InChI is InChI=1S/C18H20FN3OS/c1-24-12-13-3-2-9-20-17(13)18(23)21-15-8-10-22(11-15)16-6-4-14(19)5-7-16/h2-7,9,15H,8,10-12H2,1H3,(H,21,23). The van der Waals surface area contributed by atoms with E-state index in [-0.39, 0.29) is 17.8 Å². The number of thioether (sulfide) groups is 1. The Morgan fingerprint density at radius 3 is 2.92 bits per heavy atom. The van der Waals surface area contributed by atoms with Crippen molar-refractivity contribution < 1.29 is 9.18 Å². The van der Waals surface area contributed by atoms with E-state index < -0.39 is 0 Å². The molecule has 1 atom stereocenters. The van der Waals surface area contributed by atoms with Gasteiger partial charge in [0.05, 0.1) is 0 Å². The first kappa shape index (κ1) is 16.8. The summed E-state index contributed by atoms with van der Waals surface area (Å²) < 4.78 is 13.0. The zero-order valence-corrected chi connectivity index (χ0v) is 14.4. The van der Waals surface area contributed by atoms with Crippen LogP contribution in [0.15, 0.2) is 42.6 Å². The average molecular weight is 345 g/mol. The average Bonchev–Trinajstić information content (AvgIpc) is 3.05. The highest BCUT2D eigenvalue weighted by molar-refractivity contribution is 7.97. The van der Waals surface area contributed by atoms with E-state index in [1.54, 1.807) is 30.1 Å². The summed E-state index contributed by atoms with van der Waals surface area (Å²) in [5.41, 5.74) is 2.44. The van der Waals surface area contributed by atoms with Crippen LogP contribution in [0.25, 0.3) is 0 Å². The maximum atomic E-state index is 13.0. The number of halogens is 1. The Labute approximate surface area is 145 Å². The third-order valence-corrected chi connectivity index (χ3v) is 4.72. The molecule has 0 spiro atoms. The van der Waals surface area contributed by atoms with Gasteiger partial charge in [-0.1, -0.05) is 6.07 Å². The van der Waals surface area contributed by atoms with Crippen molar-refractivity contribution in [1.29, 1.82) is 0 Å². The van der Waals surface area contributed by atoms with Gasteiger partial charge in [-0.3, -0.25) is 9.78 Å². The second-order valence-corrected chi connectivity index (χ2v) is 6.69. The van der Waals surface area contributed by atoms with Crippen molar-refractivity contribution in [2.45, 2.75) is 18.2 Å². The molecule has 1 aliphatic heterocycles. The summed E-state index contributed by atoms with van der Waals surface area (Å²) in [5, 5.41) is 3.08. The predicted molar refractivity (Wildman–Crippen MR) is 95.9 cm³/mol. The second kappa shape index (κ2) is 7.66. The lowest BCUT2D eigenvalue weighted by molar-refractivity contribution is 0.0934. The van der Waals surface area contributed by atoms with Gasteiger partial charge in [-0.25, -0.2) is 4.39 Å². The fourth-order valence-electron chi connectivity index (χ4n) is 2.93. The number of pyridine rings is 1. The highest BCUT2D eigenvalue weighted by Crippen LogP contribution is 2.21. The molecule has 0 aliphatic carbocycles. The van der Waals surface area contributed by atoms with E-state index in [0.29, 0.717) is 5.69 Å². The zero-order valence-electron chi connectivity index (χ0n) is 13.5. The first-order valence-corrected chi connectivity index (χ1v) is 9.31. The van der Waals surface area contributed by atoms with Gasteiger partial charge in [-0.2, -0.15) is 11.8 Å². The Bertz CT molecular complexity index is 708. The molecule has 2 aromatic rings. The van der Waals surface area contributed by atoms with E-state index in [0.717, 1.165) is 36.5 Å². The van der Waals surface area contributed by atoms with Crippen LogP contribution in [0.2, 0.25) is 0 Å². The van der Waals surface area contributed by atoms with E-state index in [1.165, 1.54) is 12.1 Å². The van der Waals surface area contributed by atoms with E-state index in [2.05, 4.69) is 15.2 Å². The number of nitrogens with zero attached hydrogens (tertiary/aromatic N) is 2. The minimum atomic E-state index is -0.237. The van der Waals surface area contributed by atoms with Crippen LogP contribution in [0, 0.1) is 5.82 Å². The topological polar surface area (TPSA) is 45.2 Å². The van der Waals surface area contributed by atoms with E-state index >= 15 is 0 Å². The number of carbonyl (C=O) groups is 1. The molecule has 0 bridgehead atoms. The monoisotopic (exact) mass is 345 g/mol. The van der Waals surface area contributed by atoms with Crippen LogP contribution in [0.3, 0.4) is 0 Å². The molecule has 1 amide bonds. The van der Waals surface area contributed by atoms with Gasteiger partial charge in [0.15, 0.2) is 0 Å². The quantitative estimate of drug-likeness (QED) is 0.904. The lowest BCUT2D eigenvalue weighted by atomic mass is 10.2. The minimum absolute atomic E-state index is 0.0756. The number of carbonyl (C=O) groups excluding carboxylic acids is 1. The number of rotatable bonds is 5. The Morgan fingerprint density at radius 2 is 2.17 bits per heavy atom. The summed E-state index contributed by atoms with van der Waals surface area (Å²) in [4.78, 5) is 18.9. The first-order chi connectivity index (χ1) is 11.7. The Kier molecular flexibility index (Phi) is 5.35. The molecule has 1 fully saturated rings. The number of amides is 1. The summed E-state index contributed by atoms with van der Waals surface area (Å²) in [5.74, 6) is 0.410. The summed E-state index contributed by atoms with van der Waals surface area (Å²) >= 11 is 1.67. The summed E-state index contributed by atoms with van der Waals surface area (Å²) in [7, 11) is 0. The molecule has 1 unspecified atom stereocenters. The highest BCUT2D eigenvalue weighted by Gasteiger charge is 2.25. The third kappa shape index (κ3) is 3.87. The fraction of sp³-hybridized carbons (Fsp3) is 0.333. The predicted octanol–water partition coefficient (Wildman–Crippen LogP) is 3.09. The molecule has 0 saturated carbocycles. The molecule has 1 N–H and O–H groups in total. The third-order valence-electron chi connectivity index (χ3n) is 4.12. The van der Waals surface area contributed by atoms with Crippen LogP contribution < -0.4 is 10.2 Å². The smallest absolute Gasteiger partial charge is 0.270 e. The van der Waals surface area contributed by atoms with Gasteiger partial charge in [0.1, 0.15) is 11.5 Å². The van der Waals surface area contributed by atoms with E-state index in [9.17, 15) is 9.18 Å². The molecular weight excluding hydrogens is 325 g/mol. The molecule has 1 aromatic heterocycles. The normalized spacial score (nSPS) is 17.1. The second-order valence-electron chi connectivity index (χ2n) is 5.83. The summed E-state index contributed by atoms with van der Waals surface area (Å²) in [6.45, 7) is 1.57. The molecule has 6 heteroatoms. The Hall–Kier alpha value is -2.08. The van der Waals surface area contributed by atoms with Gasteiger partial charge in [-0.05, 0) is 48.6 Å². The Balaban J connectivity index is 1.63. The zero-order chi connectivity index (χ0) is 16.9. The van der Waals surface area contributed by atoms with Crippen molar-refractivity contribution in [2.75, 3.05) is 24.2 Å². The van der Waals surface area contributed by atoms with Crippen LogP contribution in [-0.4, -0.2) is 36.3 Å². The van der Waals surface area contributed by atoms with Crippen LogP contribution in [0.1, 0.15) is 22.5 Å². The molecule has 3 rings (SSSR count). The van der Waals surface area contributed by atoms with Gasteiger partial charge in [0, 0.05) is 36.8 Å². The molecule has 0 radical (unpaired) electrons. The molecule has 4 nitrogen and oxygen atoms in total. The molecule has 1 aliphatic rings. The lowest BCUT2D eigenvalue weighted by Gasteiger charge is -2.19. The molecular formula is C18H20FN3OS. The Morgan fingerprint density at radius 1 is 1.38 bits per heavy atom. The van der Waals surface area contributed by atoms with E-state index in [4.69, 9.17) is 0 Å². The van der Waals surface area contributed by atoms with Gasteiger partial charge >= 0.3 is 0 Å². The van der Waals surface area contributed by atoms with Crippen molar-refractivity contribution in [3.63, 3.8) is 0 Å². The maximum absolute atomic E-state index is 13.0.